The van der Waals surface area contributed by atoms with Gasteiger partial charge in [-0.05, 0) is 105 Å². The number of nitrogens with zero attached hydrogens (tertiary/aromatic N) is 13. The van der Waals surface area contributed by atoms with E-state index >= 15 is 4.39 Å². The number of aryl methyl sites for hydroxylation is 1. The topological polar surface area (TPSA) is 521 Å². The van der Waals surface area contributed by atoms with Crippen molar-refractivity contribution in [2.45, 2.75) is 111 Å². The van der Waals surface area contributed by atoms with E-state index in [9.17, 15) is 33.9 Å². The van der Waals surface area contributed by atoms with Crippen LogP contribution in [0.25, 0.3) is 10.2 Å². The number of rotatable bonds is 75. The van der Waals surface area contributed by atoms with E-state index in [1.54, 1.807) is 69.4 Å². The number of carboxylic acid groups (broad SMARTS) is 1. The molecule has 141 heavy (non-hydrogen) atoms. The van der Waals surface area contributed by atoms with Gasteiger partial charge in [0.2, 0.25) is 11.8 Å². The summed E-state index contributed by atoms with van der Waals surface area (Å²) in [7, 11) is 4.70. The van der Waals surface area contributed by atoms with Gasteiger partial charge < -0.3 is 138 Å². The number of benzene rings is 3. The first-order valence-corrected chi connectivity index (χ1v) is 48.4. The van der Waals surface area contributed by atoms with E-state index in [0.29, 0.717) is 247 Å². The summed E-state index contributed by atoms with van der Waals surface area (Å²) >= 11 is 2.76. The van der Waals surface area contributed by atoms with Crippen LogP contribution in [0.5, 0.6) is 5.75 Å². The third-order valence-corrected chi connectivity index (χ3v) is 22.9. The van der Waals surface area contributed by atoms with Crippen molar-refractivity contribution in [3.8, 4) is 17.6 Å². The maximum absolute atomic E-state index is 15.8. The Hall–Kier alpha value is -11.0. The predicted molar refractivity (Wildman–Crippen MR) is 515 cm³/mol. The molecule has 0 saturated heterocycles. The number of anilines is 5. The van der Waals surface area contributed by atoms with Crippen LogP contribution in [0, 0.1) is 30.5 Å². The van der Waals surface area contributed by atoms with Crippen LogP contribution in [-0.2, 0) is 147 Å². The quantitative estimate of drug-likeness (QED) is 0.0148. The monoisotopic (exact) mass is 2020 g/mol. The molecule has 0 fully saturated rings. The number of carbonyl (C=O) groups is 6. The molecule has 48 heteroatoms. The first-order chi connectivity index (χ1) is 68.7. The molecule has 1 aliphatic rings. The molecule has 0 spiro atoms. The Bertz CT molecular complexity index is 5040. The highest BCUT2D eigenvalue weighted by Gasteiger charge is 2.31. The summed E-state index contributed by atoms with van der Waals surface area (Å²) in [5, 5.41) is 49.2. The fraction of sp³-hybridized carbons (Fsp3) is 0.591. The number of urea groups is 1. The number of carbonyl (C=O) groups excluding carboxylic acids is 5. The highest BCUT2D eigenvalue weighted by Crippen LogP contribution is 2.40. The van der Waals surface area contributed by atoms with Gasteiger partial charge in [-0.15, -0.1) is 31.7 Å². The summed E-state index contributed by atoms with van der Waals surface area (Å²) in [5.41, 5.74) is 16.0. The number of para-hydroxylation sites is 1. The van der Waals surface area contributed by atoms with E-state index in [1.165, 1.54) is 56.3 Å². The zero-order valence-corrected chi connectivity index (χ0v) is 82.6. The molecule has 0 radical (unpaired) electrons. The lowest BCUT2D eigenvalue weighted by Gasteiger charge is -2.28. The predicted octanol–water partition coefficient (Wildman–Crippen LogP) is 7.05. The molecule has 0 saturated carbocycles. The number of methoxy groups -OCH3 is 2. The van der Waals surface area contributed by atoms with E-state index in [0.717, 1.165) is 34.2 Å². The summed E-state index contributed by atoms with van der Waals surface area (Å²) in [5.74, 6) is 3.50. The summed E-state index contributed by atoms with van der Waals surface area (Å²) in [6.07, 6.45) is 3.97. The number of thiazole rings is 2. The number of primary amides is 1. The van der Waals surface area contributed by atoms with Crippen LogP contribution in [0.15, 0.2) is 73.1 Å². The highest BCUT2D eigenvalue weighted by atomic mass is 32.1. The maximum Gasteiger partial charge on any atom is 0.410 e. The van der Waals surface area contributed by atoms with E-state index in [2.05, 4.69) is 68.9 Å². The fourth-order valence-electron chi connectivity index (χ4n) is 13.3. The van der Waals surface area contributed by atoms with Crippen LogP contribution in [0.4, 0.5) is 46.4 Å². The molecule has 2 atom stereocenters. The van der Waals surface area contributed by atoms with Crippen molar-refractivity contribution in [1.29, 1.82) is 0 Å². The number of hydrogen-bond donors (Lipinski definition) is 7. The first-order valence-electron chi connectivity index (χ1n) is 46.8. The zero-order chi connectivity index (χ0) is 100. The van der Waals surface area contributed by atoms with Crippen molar-refractivity contribution in [3.63, 3.8) is 0 Å². The molecule has 776 valence electrons. The number of halogens is 1. The Kier molecular flexibility index (Phi) is 53.7. The minimum atomic E-state index is -1.18. The molecule has 5 aromatic heterocycles. The van der Waals surface area contributed by atoms with Gasteiger partial charge in [-0.2, -0.15) is 0 Å². The van der Waals surface area contributed by atoms with Crippen molar-refractivity contribution in [3.05, 3.63) is 129 Å². The molecule has 6 amide bonds. The molecular formula is C93H134FN19O26S2. The Labute approximate surface area is 826 Å². The number of fused-ring (bicyclic) bond motifs is 2. The lowest BCUT2D eigenvalue weighted by molar-refractivity contribution is -0.128. The van der Waals surface area contributed by atoms with Gasteiger partial charge in [-0.3, -0.25) is 14.5 Å². The number of aromatic carboxylic acids is 1. The van der Waals surface area contributed by atoms with Crippen LogP contribution in [0.3, 0.4) is 0 Å². The van der Waals surface area contributed by atoms with E-state index in [1.807, 2.05) is 36.1 Å². The van der Waals surface area contributed by atoms with Gasteiger partial charge in [0.05, 0.1) is 260 Å². The minimum Gasteiger partial charge on any atom is -0.491 e. The van der Waals surface area contributed by atoms with Gasteiger partial charge in [-0.25, -0.2) is 42.9 Å². The SMILES string of the molecule is COCCOCCOCCOCCOCCOCCOCCOCCn1cc(COC(=O)N(Cc2cn(CCOCCOCCOCCOCCOCCOCCOCCOC)nn2)Cc2cc(NC(=O)[C@H](CCCNC(N)=O)NC(=O)[C@@H](N)C(C)C)ccc2COC(=O)N(C)CC#Cc2ccc(OCCCc3sc(N4CCCc5c4nnc(Nc4nc6ccccc6s4)c5C)nc3C(=O)O)c(F)c2)nn1. The molecule has 0 aliphatic carbocycles. The number of nitrogens with one attached hydrogen (secondary N) is 4. The van der Waals surface area contributed by atoms with Gasteiger partial charge in [-0.1, -0.05) is 65.7 Å². The second-order valence-corrected chi connectivity index (χ2v) is 34.0. The van der Waals surface area contributed by atoms with Crippen molar-refractivity contribution in [1.82, 2.24) is 70.6 Å². The van der Waals surface area contributed by atoms with Crippen LogP contribution in [-0.4, -0.2) is 359 Å². The Balaban J connectivity index is 0.792. The third-order valence-electron chi connectivity index (χ3n) is 20.8. The average molecular weight is 2020 g/mol. The summed E-state index contributed by atoms with van der Waals surface area (Å²) < 4.78 is 126. The molecule has 9 rings (SSSR count). The number of aromatic nitrogens is 10. The normalized spacial score (nSPS) is 12.3. The average Bonchev–Trinajstić information content (AvgIpc) is 1.74. The van der Waals surface area contributed by atoms with Crippen molar-refractivity contribution in [2.75, 3.05) is 261 Å². The number of ether oxygens (including phenoxy) is 19. The van der Waals surface area contributed by atoms with Crippen molar-refractivity contribution >= 4 is 96.5 Å². The van der Waals surface area contributed by atoms with Gasteiger partial charge in [0.25, 0.3) is 0 Å². The smallest absolute Gasteiger partial charge is 0.410 e. The number of hydrogen-bond acceptors (Lipinski definition) is 38. The van der Waals surface area contributed by atoms with E-state index in [4.69, 9.17) is 106 Å². The molecule has 8 aromatic rings. The fourth-order valence-corrected chi connectivity index (χ4v) is 15.2. The Morgan fingerprint density at radius 3 is 1.69 bits per heavy atom. The van der Waals surface area contributed by atoms with Crippen LogP contribution < -0.4 is 42.4 Å². The van der Waals surface area contributed by atoms with Gasteiger partial charge in [0.1, 0.15) is 30.6 Å². The van der Waals surface area contributed by atoms with E-state index in [-0.39, 0.29) is 120 Å². The molecule has 0 unspecified atom stereocenters. The second-order valence-electron chi connectivity index (χ2n) is 31.9. The molecule has 1 aliphatic heterocycles. The molecular weight excluding hydrogens is 1880 g/mol. The minimum absolute atomic E-state index is 0.0416. The second kappa shape index (κ2) is 66.7. The molecule has 9 N–H and O–H groups in total. The first kappa shape index (κ1) is 114. The molecule has 0 bridgehead atoms. The highest BCUT2D eigenvalue weighted by molar-refractivity contribution is 7.22. The Morgan fingerprint density at radius 1 is 0.596 bits per heavy atom. The Morgan fingerprint density at radius 2 is 1.14 bits per heavy atom. The number of nitrogens with two attached hydrogens (primary N) is 2. The molecule has 45 nitrogen and oxygen atoms in total. The third kappa shape index (κ3) is 43.4. The van der Waals surface area contributed by atoms with Gasteiger partial charge in [0, 0.05) is 68.2 Å². The van der Waals surface area contributed by atoms with Gasteiger partial charge in [0.15, 0.2) is 39.2 Å². The summed E-state index contributed by atoms with van der Waals surface area (Å²) in [4.78, 5) is 94.9. The number of carboxylic acids is 1. The van der Waals surface area contributed by atoms with E-state index < -0.39 is 53.9 Å². The van der Waals surface area contributed by atoms with Crippen LogP contribution in [0.2, 0.25) is 0 Å². The van der Waals surface area contributed by atoms with Crippen molar-refractivity contribution in [2.24, 2.45) is 17.4 Å². The maximum atomic E-state index is 15.8. The zero-order valence-electron chi connectivity index (χ0n) is 81.0. The standard InChI is InChI=1S/C93H134FN19O26S2/c1-67(2)82(95)87(115)99-78(16-9-23-97-89(96)118)86(114)98-72-21-20-70(65-138-92(119)109(4)24-10-13-69-19-22-79(76(94)59-69)137-28-12-18-81-83(88(116)117)101-91(141-81)113-25-11-14-75-68(3)84(105-106-85(75)113)102-90-100-77-15-7-8-17-80(77)140-90)71(60-72)61-110(62-73-63-111(107-103-73)26-29-123-35-37-127-43-45-131-51-53-135-57-55-133-49-47-129-41-39-125-33-31-121-5)93(120)139-66-74-64-112(108-104-74)27-30-124-36-38-128-44-46-132-52-54-136-58-56-134-50-48-130-42-40-126-34-32-122-6/h7-8,15,17,19-22,59-60,63-64,67,78,82H,9,11-12,14,16,18,23-58,61-62,65-66,95H2,1-6H3,(H,98,114)(H,99,115)(H,116,117)(H3,96,97,118)(H,100,102,105)/t78-,82-/m0/s1. The molecule has 6 heterocycles. The lowest BCUT2D eigenvalue weighted by Crippen LogP contribution is -2.51. The van der Waals surface area contributed by atoms with Gasteiger partial charge >= 0.3 is 24.2 Å². The van der Waals surface area contributed by atoms with Crippen molar-refractivity contribution < 1.29 is 128 Å². The number of amides is 6. The van der Waals surface area contributed by atoms with Crippen LogP contribution in [0.1, 0.15) is 94.1 Å². The largest absolute Gasteiger partial charge is 0.491 e. The summed E-state index contributed by atoms with van der Waals surface area (Å²) in [6, 6.07) is 13.8. The van der Waals surface area contributed by atoms with Crippen LogP contribution >= 0.6 is 22.7 Å². The molecule has 3 aromatic carbocycles. The lowest BCUT2D eigenvalue weighted by atomic mass is 10.0. The summed E-state index contributed by atoms with van der Waals surface area (Å²) in [6.45, 7) is 17.6.